The number of aliphatic hydroxyl groups is 1. The first kappa shape index (κ1) is 16.1. The van der Waals surface area contributed by atoms with Crippen LogP contribution in [-0.4, -0.2) is 30.9 Å². The monoisotopic (exact) mass is 269 g/mol. The zero-order valence-electron chi connectivity index (χ0n) is 11.7. The van der Waals surface area contributed by atoms with Gasteiger partial charge in [0.2, 0.25) is 0 Å². The van der Waals surface area contributed by atoms with Crippen LogP contribution < -0.4 is 5.32 Å². The Morgan fingerprint density at radius 1 is 1.26 bits per heavy atom. The Balaban J connectivity index is 2.11. The van der Waals surface area contributed by atoms with Gasteiger partial charge in [-0.15, -0.1) is 0 Å². The average molecular weight is 269 g/mol. The molecule has 1 aromatic rings. The standard InChI is InChI=1S/C15H24FNO2/c1-12(2)19-10-6-5-9-17-11-15(18)13-7-3-4-8-14(13)16/h3-4,7-8,12,15,17-18H,5-6,9-11H2,1-2H3. The fourth-order valence-corrected chi connectivity index (χ4v) is 1.77. The molecule has 1 rings (SSSR count). The lowest BCUT2D eigenvalue weighted by Gasteiger charge is -2.13. The summed E-state index contributed by atoms with van der Waals surface area (Å²) in [6.45, 7) is 5.96. The second kappa shape index (κ2) is 9.02. The quantitative estimate of drug-likeness (QED) is 0.677. The Kier molecular flexibility index (Phi) is 7.63. The summed E-state index contributed by atoms with van der Waals surface area (Å²) in [4.78, 5) is 0. The topological polar surface area (TPSA) is 41.5 Å². The third kappa shape index (κ3) is 6.66. The van der Waals surface area contributed by atoms with Crippen molar-refractivity contribution in [3.05, 3.63) is 35.6 Å². The number of nitrogens with one attached hydrogen (secondary N) is 1. The van der Waals surface area contributed by atoms with E-state index in [2.05, 4.69) is 5.32 Å². The van der Waals surface area contributed by atoms with Crippen LogP contribution in [0, 0.1) is 5.82 Å². The fourth-order valence-electron chi connectivity index (χ4n) is 1.77. The number of hydrogen-bond donors (Lipinski definition) is 2. The van der Waals surface area contributed by atoms with Gasteiger partial charge in [-0.2, -0.15) is 0 Å². The molecule has 1 unspecified atom stereocenters. The number of ether oxygens (including phenoxy) is 1. The first-order chi connectivity index (χ1) is 9.11. The average Bonchev–Trinajstić information content (AvgIpc) is 2.37. The zero-order valence-corrected chi connectivity index (χ0v) is 11.7. The molecule has 0 amide bonds. The molecule has 2 N–H and O–H groups in total. The molecule has 1 aromatic carbocycles. The Hall–Kier alpha value is -0.970. The molecule has 0 bridgehead atoms. The highest BCUT2D eigenvalue weighted by atomic mass is 19.1. The Morgan fingerprint density at radius 3 is 2.68 bits per heavy atom. The van der Waals surface area contributed by atoms with Crippen molar-refractivity contribution < 1.29 is 14.2 Å². The summed E-state index contributed by atoms with van der Waals surface area (Å²) >= 11 is 0. The smallest absolute Gasteiger partial charge is 0.129 e. The fraction of sp³-hybridized carbons (Fsp3) is 0.600. The van der Waals surface area contributed by atoms with E-state index in [1.54, 1.807) is 18.2 Å². The first-order valence-electron chi connectivity index (χ1n) is 6.86. The van der Waals surface area contributed by atoms with Gasteiger partial charge in [0.15, 0.2) is 0 Å². The van der Waals surface area contributed by atoms with E-state index in [0.717, 1.165) is 26.0 Å². The Labute approximate surface area is 114 Å². The van der Waals surface area contributed by atoms with Crippen LogP contribution in [0.3, 0.4) is 0 Å². The van der Waals surface area contributed by atoms with Crippen LogP contribution in [0.5, 0.6) is 0 Å². The molecule has 108 valence electrons. The molecule has 19 heavy (non-hydrogen) atoms. The van der Waals surface area contributed by atoms with E-state index in [0.29, 0.717) is 12.1 Å². The molecule has 0 heterocycles. The summed E-state index contributed by atoms with van der Waals surface area (Å²) in [5.41, 5.74) is 0.346. The molecule has 0 aliphatic carbocycles. The van der Waals surface area contributed by atoms with Gasteiger partial charge in [0.25, 0.3) is 0 Å². The third-order valence-electron chi connectivity index (χ3n) is 2.80. The number of hydrogen-bond acceptors (Lipinski definition) is 3. The maximum Gasteiger partial charge on any atom is 0.129 e. The molecule has 4 heteroatoms. The van der Waals surface area contributed by atoms with Crippen LogP contribution in [0.25, 0.3) is 0 Å². The number of rotatable bonds is 9. The number of halogens is 1. The second-order valence-electron chi connectivity index (χ2n) is 4.87. The highest BCUT2D eigenvalue weighted by Gasteiger charge is 2.10. The molecule has 0 saturated heterocycles. The van der Waals surface area contributed by atoms with Gasteiger partial charge in [-0.3, -0.25) is 0 Å². The van der Waals surface area contributed by atoms with Gasteiger partial charge in [0, 0.05) is 18.7 Å². The van der Waals surface area contributed by atoms with Crippen molar-refractivity contribution in [2.75, 3.05) is 19.7 Å². The van der Waals surface area contributed by atoms with Crippen LogP contribution >= 0.6 is 0 Å². The normalized spacial score (nSPS) is 12.9. The summed E-state index contributed by atoms with van der Waals surface area (Å²) in [5.74, 6) is -0.359. The van der Waals surface area contributed by atoms with Crippen molar-refractivity contribution in [1.29, 1.82) is 0 Å². The van der Waals surface area contributed by atoms with E-state index in [1.165, 1.54) is 6.07 Å². The van der Waals surface area contributed by atoms with Gasteiger partial charge in [0.05, 0.1) is 12.2 Å². The first-order valence-corrected chi connectivity index (χ1v) is 6.86. The van der Waals surface area contributed by atoms with E-state index >= 15 is 0 Å². The molecule has 0 aromatic heterocycles. The highest BCUT2D eigenvalue weighted by molar-refractivity contribution is 5.19. The van der Waals surface area contributed by atoms with E-state index in [-0.39, 0.29) is 11.9 Å². The van der Waals surface area contributed by atoms with Crippen LogP contribution in [0.4, 0.5) is 4.39 Å². The van der Waals surface area contributed by atoms with Crippen molar-refractivity contribution in [3.63, 3.8) is 0 Å². The van der Waals surface area contributed by atoms with Crippen molar-refractivity contribution in [2.45, 2.75) is 38.9 Å². The molecule has 0 aliphatic rings. The second-order valence-corrected chi connectivity index (χ2v) is 4.87. The molecule has 0 saturated carbocycles. The minimum absolute atomic E-state index is 0.274. The number of aliphatic hydroxyl groups excluding tert-OH is 1. The van der Waals surface area contributed by atoms with Crippen molar-refractivity contribution in [3.8, 4) is 0 Å². The lowest BCUT2D eigenvalue weighted by atomic mass is 10.1. The molecule has 1 atom stereocenters. The highest BCUT2D eigenvalue weighted by Crippen LogP contribution is 2.15. The maximum absolute atomic E-state index is 13.4. The van der Waals surface area contributed by atoms with Gasteiger partial charge < -0.3 is 15.2 Å². The molecule has 0 spiro atoms. The summed E-state index contributed by atoms with van der Waals surface area (Å²) in [6.07, 6.45) is 1.45. The van der Waals surface area contributed by atoms with E-state index < -0.39 is 6.10 Å². The molecule has 3 nitrogen and oxygen atoms in total. The van der Waals surface area contributed by atoms with Gasteiger partial charge in [-0.1, -0.05) is 18.2 Å². The third-order valence-corrected chi connectivity index (χ3v) is 2.80. The number of benzene rings is 1. The van der Waals surface area contributed by atoms with Crippen LogP contribution in [0.2, 0.25) is 0 Å². The SMILES string of the molecule is CC(C)OCCCCNCC(O)c1ccccc1F. The van der Waals surface area contributed by atoms with Gasteiger partial charge in [-0.05, 0) is 39.3 Å². The summed E-state index contributed by atoms with van der Waals surface area (Å²) in [6, 6.07) is 6.32. The van der Waals surface area contributed by atoms with Gasteiger partial charge >= 0.3 is 0 Å². The molecule has 0 fully saturated rings. The minimum Gasteiger partial charge on any atom is -0.387 e. The molecular weight excluding hydrogens is 245 g/mol. The lowest BCUT2D eigenvalue weighted by Crippen LogP contribution is -2.23. The van der Waals surface area contributed by atoms with Gasteiger partial charge in [0.1, 0.15) is 5.82 Å². The Morgan fingerprint density at radius 2 is 2.00 bits per heavy atom. The lowest BCUT2D eigenvalue weighted by molar-refractivity contribution is 0.0758. The summed E-state index contributed by atoms with van der Waals surface area (Å²) < 4.78 is 18.8. The van der Waals surface area contributed by atoms with Crippen LogP contribution in [0.15, 0.2) is 24.3 Å². The maximum atomic E-state index is 13.4. The predicted octanol–water partition coefficient (Wildman–Crippen LogP) is 2.65. The van der Waals surface area contributed by atoms with E-state index in [4.69, 9.17) is 4.74 Å². The van der Waals surface area contributed by atoms with Crippen molar-refractivity contribution in [1.82, 2.24) is 5.32 Å². The predicted molar refractivity (Wildman–Crippen MR) is 74.6 cm³/mol. The summed E-state index contributed by atoms with van der Waals surface area (Å²) in [7, 11) is 0. The molecule has 0 radical (unpaired) electrons. The zero-order chi connectivity index (χ0) is 14.1. The van der Waals surface area contributed by atoms with Gasteiger partial charge in [-0.25, -0.2) is 4.39 Å². The van der Waals surface area contributed by atoms with E-state index in [1.807, 2.05) is 13.8 Å². The van der Waals surface area contributed by atoms with E-state index in [9.17, 15) is 9.50 Å². The van der Waals surface area contributed by atoms with Crippen LogP contribution in [-0.2, 0) is 4.74 Å². The molecule has 0 aliphatic heterocycles. The minimum atomic E-state index is -0.798. The summed E-state index contributed by atoms with van der Waals surface area (Å²) in [5, 5.41) is 13.0. The van der Waals surface area contributed by atoms with Crippen LogP contribution in [0.1, 0.15) is 38.4 Å². The number of unbranched alkanes of at least 4 members (excludes halogenated alkanes) is 1. The van der Waals surface area contributed by atoms with Crippen molar-refractivity contribution >= 4 is 0 Å². The largest absolute Gasteiger partial charge is 0.387 e. The van der Waals surface area contributed by atoms with Crippen molar-refractivity contribution in [2.24, 2.45) is 0 Å². The molecular formula is C15H24FNO2. The Bertz CT molecular complexity index is 358.